The van der Waals surface area contributed by atoms with Crippen molar-refractivity contribution < 1.29 is 0 Å². The fourth-order valence-corrected chi connectivity index (χ4v) is 3.47. The second kappa shape index (κ2) is 7.93. The standard InChI is InChI=1S/C16H26N2S/c1-14(13-19-2)17-16-9-6-10-18(12-16)11-15-7-4-3-5-8-15/h3-5,7-8,14,16-17H,6,9-13H2,1-2H3. The number of thioether (sulfide) groups is 1. The van der Waals surface area contributed by atoms with Crippen LogP contribution in [0, 0.1) is 0 Å². The third kappa shape index (κ3) is 5.17. The van der Waals surface area contributed by atoms with Crippen molar-refractivity contribution in [3.63, 3.8) is 0 Å². The highest BCUT2D eigenvalue weighted by atomic mass is 32.2. The van der Waals surface area contributed by atoms with Gasteiger partial charge in [0.15, 0.2) is 0 Å². The van der Waals surface area contributed by atoms with Gasteiger partial charge in [0.25, 0.3) is 0 Å². The number of nitrogens with zero attached hydrogens (tertiary/aromatic N) is 1. The monoisotopic (exact) mass is 278 g/mol. The van der Waals surface area contributed by atoms with Crippen molar-refractivity contribution in [1.29, 1.82) is 0 Å². The molecule has 2 atom stereocenters. The van der Waals surface area contributed by atoms with Gasteiger partial charge in [-0.2, -0.15) is 11.8 Å². The molecule has 0 radical (unpaired) electrons. The number of nitrogens with one attached hydrogen (secondary N) is 1. The van der Waals surface area contributed by atoms with E-state index < -0.39 is 0 Å². The molecule has 2 nitrogen and oxygen atoms in total. The van der Waals surface area contributed by atoms with E-state index in [0.29, 0.717) is 12.1 Å². The van der Waals surface area contributed by atoms with Crippen LogP contribution in [0.2, 0.25) is 0 Å². The quantitative estimate of drug-likeness (QED) is 0.861. The smallest absolute Gasteiger partial charge is 0.0234 e. The molecule has 1 saturated heterocycles. The van der Waals surface area contributed by atoms with Gasteiger partial charge < -0.3 is 5.32 Å². The molecule has 0 bridgehead atoms. The van der Waals surface area contributed by atoms with Crippen LogP contribution in [0.4, 0.5) is 0 Å². The number of rotatable bonds is 6. The van der Waals surface area contributed by atoms with Crippen LogP contribution in [0.15, 0.2) is 30.3 Å². The number of likely N-dealkylation sites (tertiary alicyclic amines) is 1. The SMILES string of the molecule is CSCC(C)NC1CCCN(Cc2ccccc2)C1. The highest BCUT2D eigenvalue weighted by molar-refractivity contribution is 7.98. The van der Waals surface area contributed by atoms with Gasteiger partial charge in [-0.25, -0.2) is 0 Å². The third-order valence-electron chi connectivity index (χ3n) is 3.69. The van der Waals surface area contributed by atoms with Gasteiger partial charge in [-0.3, -0.25) is 4.90 Å². The van der Waals surface area contributed by atoms with Gasteiger partial charge in [-0.05, 0) is 38.1 Å². The molecule has 19 heavy (non-hydrogen) atoms. The first-order chi connectivity index (χ1) is 9.28. The van der Waals surface area contributed by atoms with Gasteiger partial charge in [0.1, 0.15) is 0 Å². The lowest BCUT2D eigenvalue weighted by Crippen LogP contribution is -2.48. The molecule has 3 heteroatoms. The topological polar surface area (TPSA) is 15.3 Å². The number of piperidine rings is 1. The Kier molecular flexibility index (Phi) is 6.21. The summed E-state index contributed by atoms with van der Waals surface area (Å²) in [4.78, 5) is 2.59. The minimum Gasteiger partial charge on any atom is -0.309 e. The van der Waals surface area contributed by atoms with Crippen LogP contribution in [0.3, 0.4) is 0 Å². The zero-order valence-electron chi connectivity index (χ0n) is 12.1. The van der Waals surface area contributed by atoms with E-state index in [4.69, 9.17) is 0 Å². The largest absolute Gasteiger partial charge is 0.309 e. The van der Waals surface area contributed by atoms with E-state index in [2.05, 4.69) is 53.7 Å². The second-order valence-electron chi connectivity index (χ2n) is 5.58. The molecule has 0 amide bonds. The normalized spacial score (nSPS) is 22.3. The molecular weight excluding hydrogens is 252 g/mol. The van der Waals surface area contributed by atoms with Crippen LogP contribution in [0.5, 0.6) is 0 Å². The molecule has 2 rings (SSSR count). The van der Waals surface area contributed by atoms with Crippen molar-refractivity contribution in [3.8, 4) is 0 Å². The Bertz CT molecular complexity index is 355. The Hall–Kier alpha value is -0.510. The summed E-state index contributed by atoms with van der Waals surface area (Å²) < 4.78 is 0. The number of hydrogen-bond acceptors (Lipinski definition) is 3. The molecule has 1 heterocycles. The Labute approximate surface area is 122 Å². The van der Waals surface area contributed by atoms with Crippen LogP contribution in [0.25, 0.3) is 0 Å². The molecule has 0 saturated carbocycles. The lowest BCUT2D eigenvalue weighted by molar-refractivity contribution is 0.179. The molecule has 106 valence electrons. The van der Waals surface area contributed by atoms with Gasteiger partial charge in [0.2, 0.25) is 0 Å². The molecule has 1 aromatic rings. The molecule has 0 spiro atoms. The molecule has 0 aliphatic carbocycles. The maximum Gasteiger partial charge on any atom is 0.0234 e. The van der Waals surface area contributed by atoms with Crippen LogP contribution < -0.4 is 5.32 Å². The molecule has 1 aromatic carbocycles. The van der Waals surface area contributed by atoms with Gasteiger partial charge in [0, 0.05) is 30.9 Å². The van der Waals surface area contributed by atoms with Gasteiger partial charge in [-0.15, -0.1) is 0 Å². The number of hydrogen-bond donors (Lipinski definition) is 1. The lowest BCUT2D eigenvalue weighted by Gasteiger charge is -2.34. The molecule has 1 N–H and O–H groups in total. The van der Waals surface area contributed by atoms with Gasteiger partial charge in [-0.1, -0.05) is 30.3 Å². The molecule has 1 fully saturated rings. The van der Waals surface area contributed by atoms with Crippen LogP contribution >= 0.6 is 11.8 Å². The number of benzene rings is 1. The van der Waals surface area contributed by atoms with E-state index in [0.717, 1.165) is 6.54 Å². The summed E-state index contributed by atoms with van der Waals surface area (Å²) in [5, 5.41) is 3.77. The molecule has 1 aliphatic heterocycles. The predicted molar refractivity (Wildman–Crippen MR) is 85.7 cm³/mol. The fraction of sp³-hybridized carbons (Fsp3) is 0.625. The second-order valence-corrected chi connectivity index (χ2v) is 6.49. The van der Waals surface area contributed by atoms with E-state index in [1.165, 1.54) is 37.2 Å². The minimum absolute atomic E-state index is 0.622. The van der Waals surface area contributed by atoms with Crippen LogP contribution in [0.1, 0.15) is 25.3 Å². The summed E-state index contributed by atoms with van der Waals surface area (Å²) in [5.41, 5.74) is 1.43. The lowest BCUT2D eigenvalue weighted by atomic mass is 10.0. The van der Waals surface area contributed by atoms with Gasteiger partial charge >= 0.3 is 0 Å². The summed E-state index contributed by atoms with van der Waals surface area (Å²) in [7, 11) is 0. The van der Waals surface area contributed by atoms with Crippen molar-refractivity contribution >= 4 is 11.8 Å². The van der Waals surface area contributed by atoms with Crippen molar-refractivity contribution in [3.05, 3.63) is 35.9 Å². The molecule has 1 aliphatic rings. The predicted octanol–water partition coefficient (Wildman–Crippen LogP) is 2.99. The van der Waals surface area contributed by atoms with Crippen LogP contribution in [-0.4, -0.2) is 42.1 Å². The Morgan fingerprint density at radius 1 is 1.37 bits per heavy atom. The Morgan fingerprint density at radius 2 is 2.16 bits per heavy atom. The Balaban J connectivity index is 1.80. The first-order valence-electron chi connectivity index (χ1n) is 7.29. The summed E-state index contributed by atoms with van der Waals surface area (Å²) >= 11 is 1.93. The van der Waals surface area contributed by atoms with Gasteiger partial charge in [0.05, 0.1) is 0 Å². The highest BCUT2D eigenvalue weighted by Crippen LogP contribution is 2.14. The zero-order valence-corrected chi connectivity index (χ0v) is 13.0. The van der Waals surface area contributed by atoms with E-state index in [1.54, 1.807) is 0 Å². The van der Waals surface area contributed by atoms with Crippen molar-refractivity contribution in [2.45, 2.75) is 38.4 Å². The average molecular weight is 278 g/mol. The summed E-state index contributed by atoms with van der Waals surface area (Å²) in [6.45, 7) is 5.82. The van der Waals surface area contributed by atoms with Crippen molar-refractivity contribution in [1.82, 2.24) is 10.2 Å². The molecule has 0 aromatic heterocycles. The fourth-order valence-electron chi connectivity index (χ4n) is 2.88. The minimum atomic E-state index is 0.622. The Morgan fingerprint density at radius 3 is 2.89 bits per heavy atom. The zero-order chi connectivity index (χ0) is 13.5. The van der Waals surface area contributed by atoms with Crippen LogP contribution in [-0.2, 0) is 6.54 Å². The maximum absolute atomic E-state index is 3.77. The maximum atomic E-state index is 3.77. The van der Waals surface area contributed by atoms with E-state index in [9.17, 15) is 0 Å². The molecular formula is C16H26N2S. The first kappa shape index (κ1) is 14.9. The highest BCUT2D eigenvalue weighted by Gasteiger charge is 2.20. The van der Waals surface area contributed by atoms with E-state index in [1.807, 2.05) is 11.8 Å². The van der Waals surface area contributed by atoms with Crippen molar-refractivity contribution in [2.24, 2.45) is 0 Å². The van der Waals surface area contributed by atoms with Crippen molar-refractivity contribution in [2.75, 3.05) is 25.1 Å². The third-order valence-corrected chi connectivity index (χ3v) is 4.52. The molecule has 2 unspecified atom stereocenters. The first-order valence-corrected chi connectivity index (χ1v) is 8.68. The summed E-state index contributed by atoms with van der Waals surface area (Å²) in [6.07, 6.45) is 4.82. The summed E-state index contributed by atoms with van der Waals surface area (Å²) in [5.74, 6) is 1.20. The summed E-state index contributed by atoms with van der Waals surface area (Å²) in [6, 6.07) is 12.1. The van der Waals surface area contributed by atoms with E-state index >= 15 is 0 Å². The average Bonchev–Trinajstić information content (AvgIpc) is 2.40. The van der Waals surface area contributed by atoms with E-state index in [-0.39, 0.29) is 0 Å².